The molecule has 0 bridgehead atoms. The van der Waals surface area contributed by atoms with Crippen LogP contribution in [0.3, 0.4) is 0 Å². The number of benzene rings is 1. The molecule has 1 N–H and O–H groups in total. The minimum atomic E-state index is 0.392. The monoisotopic (exact) mass is 237 g/mol. The second-order valence-corrected chi connectivity index (χ2v) is 4.09. The molecule has 1 aromatic carbocycles. The molecule has 1 aromatic rings. The highest BCUT2D eigenvalue weighted by Gasteiger charge is 2.03. The fourth-order valence-corrected chi connectivity index (χ4v) is 1.57. The van der Waals surface area contributed by atoms with Gasteiger partial charge in [0.1, 0.15) is 12.4 Å². The average molecular weight is 237 g/mol. The van der Waals surface area contributed by atoms with Crippen molar-refractivity contribution >= 4 is 0 Å². The highest BCUT2D eigenvalue weighted by atomic mass is 16.5. The van der Waals surface area contributed by atoms with E-state index < -0.39 is 0 Å². The summed E-state index contributed by atoms with van der Waals surface area (Å²) in [5, 5.41) is 3.46. The molecule has 0 saturated carbocycles. The van der Waals surface area contributed by atoms with Gasteiger partial charge in [0.05, 0.1) is 6.61 Å². The summed E-state index contributed by atoms with van der Waals surface area (Å²) >= 11 is 0. The zero-order valence-electron chi connectivity index (χ0n) is 11.0. The van der Waals surface area contributed by atoms with Gasteiger partial charge in [-0.15, -0.1) is 0 Å². The highest BCUT2D eigenvalue weighted by molar-refractivity contribution is 5.28. The summed E-state index contributed by atoms with van der Waals surface area (Å²) in [5.41, 5.74) is 1.29. The third-order valence-corrected chi connectivity index (χ3v) is 2.64. The minimum Gasteiger partial charge on any atom is -0.491 e. The van der Waals surface area contributed by atoms with Gasteiger partial charge in [-0.2, -0.15) is 0 Å². The second-order valence-electron chi connectivity index (χ2n) is 4.09. The Bertz CT molecular complexity index is 298. The number of nitrogens with one attached hydrogen (secondary N) is 1. The maximum Gasteiger partial charge on any atom is 0.119 e. The lowest BCUT2D eigenvalue weighted by Crippen LogP contribution is -2.19. The van der Waals surface area contributed by atoms with E-state index in [0.717, 1.165) is 18.7 Å². The van der Waals surface area contributed by atoms with Gasteiger partial charge in [0.2, 0.25) is 0 Å². The van der Waals surface area contributed by atoms with Gasteiger partial charge in [0.25, 0.3) is 0 Å². The molecule has 0 saturated heterocycles. The van der Waals surface area contributed by atoms with Crippen LogP contribution in [0.5, 0.6) is 5.75 Å². The average Bonchev–Trinajstić information content (AvgIpc) is 2.37. The van der Waals surface area contributed by atoms with E-state index >= 15 is 0 Å². The van der Waals surface area contributed by atoms with Crippen molar-refractivity contribution in [3.05, 3.63) is 29.8 Å². The molecule has 1 unspecified atom stereocenters. The van der Waals surface area contributed by atoms with Crippen molar-refractivity contribution in [2.24, 2.45) is 0 Å². The Morgan fingerprint density at radius 2 is 1.88 bits per heavy atom. The van der Waals surface area contributed by atoms with Crippen LogP contribution in [0.4, 0.5) is 0 Å². The lowest BCUT2D eigenvalue weighted by Gasteiger charge is -2.14. The van der Waals surface area contributed by atoms with Gasteiger partial charge in [-0.1, -0.05) is 19.1 Å². The molecule has 3 nitrogen and oxygen atoms in total. The number of hydrogen-bond acceptors (Lipinski definition) is 3. The molecule has 0 aliphatic carbocycles. The van der Waals surface area contributed by atoms with E-state index in [1.807, 2.05) is 12.1 Å². The first-order chi connectivity index (χ1) is 8.27. The van der Waals surface area contributed by atoms with Crippen LogP contribution >= 0.6 is 0 Å². The highest BCUT2D eigenvalue weighted by Crippen LogP contribution is 2.17. The molecular weight excluding hydrogens is 214 g/mol. The molecule has 0 radical (unpaired) electrons. The van der Waals surface area contributed by atoms with Crippen LogP contribution in [0.1, 0.15) is 31.9 Å². The van der Waals surface area contributed by atoms with E-state index in [1.54, 1.807) is 7.11 Å². The Balaban J connectivity index is 2.43. The third kappa shape index (κ3) is 5.20. The van der Waals surface area contributed by atoms with Crippen molar-refractivity contribution in [1.82, 2.24) is 5.32 Å². The Morgan fingerprint density at radius 1 is 1.18 bits per heavy atom. The summed E-state index contributed by atoms with van der Waals surface area (Å²) < 4.78 is 10.5. The lowest BCUT2D eigenvalue weighted by atomic mass is 10.1. The van der Waals surface area contributed by atoms with Crippen molar-refractivity contribution in [1.29, 1.82) is 0 Å². The Morgan fingerprint density at radius 3 is 2.47 bits per heavy atom. The molecule has 96 valence electrons. The number of hydrogen-bond donors (Lipinski definition) is 1. The molecule has 3 heteroatoms. The molecule has 0 aliphatic rings. The zero-order chi connectivity index (χ0) is 12.5. The molecule has 0 heterocycles. The largest absolute Gasteiger partial charge is 0.491 e. The molecule has 0 spiro atoms. The molecule has 0 aromatic heterocycles. The molecule has 17 heavy (non-hydrogen) atoms. The standard InChI is InChI=1S/C14H23NO2/c1-4-9-15-12(2)13-5-7-14(8-6-13)17-11-10-16-3/h5-8,12,15H,4,9-11H2,1-3H3. The number of methoxy groups -OCH3 is 1. The van der Waals surface area contributed by atoms with Crippen molar-refractivity contribution in [3.8, 4) is 5.75 Å². The van der Waals surface area contributed by atoms with Gasteiger partial charge in [-0.05, 0) is 37.6 Å². The van der Waals surface area contributed by atoms with Gasteiger partial charge < -0.3 is 14.8 Å². The predicted octanol–water partition coefficient (Wildman–Crippen LogP) is 2.77. The fraction of sp³-hybridized carbons (Fsp3) is 0.571. The van der Waals surface area contributed by atoms with Crippen LogP contribution < -0.4 is 10.1 Å². The maximum atomic E-state index is 5.52. The summed E-state index contributed by atoms with van der Waals surface area (Å²) in [7, 11) is 1.67. The zero-order valence-corrected chi connectivity index (χ0v) is 11.0. The van der Waals surface area contributed by atoms with Gasteiger partial charge >= 0.3 is 0 Å². The van der Waals surface area contributed by atoms with E-state index in [9.17, 15) is 0 Å². The number of ether oxygens (including phenoxy) is 2. The third-order valence-electron chi connectivity index (χ3n) is 2.64. The van der Waals surface area contributed by atoms with Crippen molar-refractivity contribution in [2.45, 2.75) is 26.3 Å². The molecule has 1 rings (SSSR count). The summed E-state index contributed by atoms with van der Waals surface area (Å²) in [4.78, 5) is 0. The van der Waals surface area contributed by atoms with Crippen LogP contribution in [-0.4, -0.2) is 26.9 Å². The van der Waals surface area contributed by atoms with Crippen LogP contribution in [-0.2, 0) is 4.74 Å². The first kappa shape index (κ1) is 14.0. The Labute approximate surface area is 104 Å². The van der Waals surface area contributed by atoms with Crippen molar-refractivity contribution < 1.29 is 9.47 Å². The van der Waals surface area contributed by atoms with Crippen molar-refractivity contribution in [3.63, 3.8) is 0 Å². The smallest absolute Gasteiger partial charge is 0.119 e. The lowest BCUT2D eigenvalue weighted by molar-refractivity contribution is 0.146. The van der Waals surface area contributed by atoms with E-state index in [4.69, 9.17) is 9.47 Å². The van der Waals surface area contributed by atoms with Crippen LogP contribution in [0.2, 0.25) is 0 Å². The molecule has 0 amide bonds. The van der Waals surface area contributed by atoms with Crippen molar-refractivity contribution in [2.75, 3.05) is 26.9 Å². The fourth-order valence-electron chi connectivity index (χ4n) is 1.57. The topological polar surface area (TPSA) is 30.5 Å². The van der Waals surface area contributed by atoms with Crippen LogP contribution in [0.25, 0.3) is 0 Å². The van der Waals surface area contributed by atoms with Gasteiger partial charge in [0.15, 0.2) is 0 Å². The molecular formula is C14H23NO2. The van der Waals surface area contributed by atoms with E-state index in [-0.39, 0.29) is 0 Å². The molecule has 0 fully saturated rings. The van der Waals surface area contributed by atoms with E-state index in [2.05, 4.69) is 31.3 Å². The minimum absolute atomic E-state index is 0.392. The number of rotatable bonds is 8. The molecule has 0 aliphatic heterocycles. The van der Waals surface area contributed by atoms with E-state index in [1.165, 1.54) is 5.56 Å². The molecule has 1 atom stereocenters. The predicted molar refractivity (Wildman–Crippen MR) is 70.5 cm³/mol. The van der Waals surface area contributed by atoms with Crippen LogP contribution in [0, 0.1) is 0 Å². The SMILES string of the molecule is CCCNC(C)c1ccc(OCCOC)cc1. The Kier molecular flexibility index (Phi) is 6.67. The summed E-state index contributed by atoms with van der Waals surface area (Å²) in [6.45, 7) is 6.62. The first-order valence-electron chi connectivity index (χ1n) is 6.23. The summed E-state index contributed by atoms with van der Waals surface area (Å²) in [5.74, 6) is 0.897. The van der Waals surface area contributed by atoms with E-state index in [0.29, 0.717) is 19.3 Å². The van der Waals surface area contributed by atoms with Gasteiger partial charge in [0, 0.05) is 13.2 Å². The van der Waals surface area contributed by atoms with Crippen LogP contribution in [0.15, 0.2) is 24.3 Å². The Hall–Kier alpha value is -1.06. The normalized spacial score (nSPS) is 12.4. The van der Waals surface area contributed by atoms with Gasteiger partial charge in [-0.3, -0.25) is 0 Å². The second kappa shape index (κ2) is 8.09. The van der Waals surface area contributed by atoms with Gasteiger partial charge in [-0.25, -0.2) is 0 Å². The maximum absolute atomic E-state index is 5.52. The first-order valence-corrected chi connectivity index (χ1v) is 6.23. The summed E-state index contributed by atoms with van der Waals surface area (Å²) in [6, 6.07) is 8.62. The summed E-state index contributed by atoms with van der Waals surface area (Å²) in [6.07, 6.45) is 1.16. The quantitative estimate of drug-likeness (QED) is 0.705.